The first-order chi connectivity index (χ1) is 14.4. The predicted molar refractivity (Wildman–Crippen MR) is 126 cm³/mol. The van der Waals surface area contributed by atoms with E-state index < -0.39 is 11.7 Å². The maximum Gasteiger partial charge on any atom is 0.340 e. The highest BCUT2D eigenvalue weighted by Gasteiger charge is 2.41. The fraction of sp³-hybridized carbons (Fsp3) is 0.750. The van der Waals surface area contributed by atoms with Crippen LogP contribution in [0, 0.1) is 13.8 Å². The van der Waals surface area contributed by atoms with Crippen LogP contribution in [0.25, 0.3) is 0 Å². The van der Waals surface area contributed by atoms with Crippen molar-refractivity contribution >= 4 is 27.6 Å². The Bertz CT molecular complexity index is 803. The fourth-order valence-corrected chi connectivity index (χ4v) is 5.16. The van der Waals surface area contributed by atoms with Gasteiger partial charge in [-0.05, 0) is 90.1 Å². The van der Waals surface area contributed by atoms with Crippen LogP contribution in [0.3, 0.4) is 0 Å². The highest BCUT2D eigenvalue weighted by atomic mass is 79.9. The van der Waals surface area contributed by atoms with Gasteiger partial charge in [0.1, 0.15) is 0 Å². The summed E-state index contributed by atoms with van der Waals surface area (Å²) < 4.78 is 18.9. The molecule has 0 unspecified atom stereocenters. The number of anilines is 1. The van der Waals surface area contributed by atoms with Gasteiger partial charge in [0.2, 0.25) is 0 Å². The molecule has 0 saturated carbocycles. The molecule has 2 aliphatic rings. The molecule has 1 aromatic rings. The first kappa shape index (κ1) is 24.5. The second-order valence-corrected chi connectivity index (χ2v) is 10.9. The first-order valence-corrected chi connectivity index (χ1v) is 12.2. The van der Waals surface area contributed by atoms with Gasteiger partial charge in [-0.15, -0.1) is 0 Å². The van der Waals surface area contributed by atoms with Gasteiger partial charge in [0.15, 0.2) is 6.10 Å². The van der Waals surface area contributed by atoms with E-state index in [4.69, 9.17) is 19.2 Å². The highest BCUT2D eigenvalue weighted by molar-refractivity contribution is 9.10. The minimum atomic E-state index is -0.847. The smallest absolute Gasteiger partial charge is 0.340 e. The van der Waals surface area contributed by atoms with Crippen molar-refractivity contribution in [2.24, 2.45) is 0 Å². The van der Waals surface area contributed by atoms with E-state index in [1.807, 2.05) is 48.5 Å². The van der Waals surface area contributed by atoms with Crippen molar-refractivity contribution in [3.05, 3.63) is 21.4 Å². The number of carbonyl (C=O) groups excluding carboxylic acids is 1. The molecule has 0 aliphatic carbocycles. The van der Waals surface area contributed by atoms with Crippen molar-refractivity contribution in [3.63, 3.8) is 0 Å². The number of hydrogen-bond acceptors (Lipinski definition) is 6. The maximum absolute atomic E-state index is 13.2. The molecule has 0 amide bonds. The number of carbonyl (C=O) groups is 1. The molecule has 1 atom stereocenters. The molecule has 174 valence electrons. The molecular weight excluding hydrogens is 460 g/mol. The highest BCUT2D eigenvalue weighted by Crippen LogP contribution is 2.44. The Kier molecular flexibility index (Phi) is 7.38. The Hall–Kier alpha value is -1.18. The molecule has 3 heterocycles. The summed E-state index contributed by atoms with van der Waals surface area (Å²) in [6.45, 7) is 16.1. The SMILES string of the molecule is Cc1nc(C)c([C@H](OC(C)(C)C)C(=O)OC(C)C)c(N2CCC3(CCCO3)CC2)c1Br. The maximum atomic E-state index is 13.2. The minimum absolute atomic E-state index is 0.0259. The third-order valence-corrected chi connectivity index (χ3v) is 6.93. The molecule has 31 heavy (non-hydrogen) atoms. The molecule has 2 aliphatic heterocycles. The Morgan fingerprint density at radius 3 is 2.32 bits per heavy atom. The number of nitrogens with zero attached hydrogens (tertiary/aromatic N) is 2. The van der Waals surface area contributed by atoms with Crippen LogP contribution < -0.4 is 4.90 Å². The largest absolute Gasteiger partial charge is 0.461 e. The Morgan fingerprint density at radius 2 is 1.81 bits per heavy atom. The lowest BCUT2D eigenvalue weighted by atomic mass is 9.88. The number of rotatable bonds is 5. The van der Waals surface area contributed by atoms with Crippen molar-refractivity contribution in [1.29, 1.82) is 0 Å². The Balaban J connectivity index is 2.03. The summed E-state index contributed by atoms with van der Waals surface area (Å²) in [6.07, 6.45) is 3.19. The molecule has 0 bridgehead atoms. The van der Waals surface area contributed by atoms with Gasteiger partial charge in [-0.25, -0.2) is 4.79 Å². The molecule has 2 saturated heterocycles. The molecule has 3 rings (SSSR count). The second-order valence-electron chi connectivity index (χ2n) is 10.1. The number of hydrogen-bond donors (Lipinski definition) is 0. The fourth-order valence-electron chi connectivity index (χ4n) is 4.60. The van der Waals surface area contributed by atoms with Gasteiger partial charge < -0.3 is 19.1 Å². The van der Waals surface area contributed by atoms with Crippen molar-refractivity contribution in [1.82, 2.24) is 4.98 Å². The second kappa shape index (κ2) is 9.36. The van der Waals surface area contributed by atoms with Gasteiger partial charge in [0.05, 0.1) is 33.2 Å². The predicted octanol–water partition coefficient (Wildman–Crippen LogP) is 5.42. The van der Waals surface area contributed by atoms with Gasteiger partial charge in [0.25, 0.3) is 0 Å². The normalized spacial score (nSPS) is 19.8. The summed E-state index contributed by atoms with van der Waals surface area (Å²) >= 11 is 3.78. The lowest BCUT2D eigenvalue weighted by Crippen LogP contribution is -2.45. The zero-order chi connectivity index (χ0) is 23.0. The molecule has 0 N–H and O–H groups in total. The molecule has 0 radical (unpaired) electrons. The topological polar surface area (TPSA) is 60.9 Å². The van der Waals surface area contributed by atoms with E-state index in [1.54, 1.807) is 0 Å². The van der Waals surface area contributed by atoms with Gasteiger partial charge in [-0.2, -0.15) is 0 Å². The van der Waals surface area contributed by atoms with Crippen LogP contribution in [0.1, 0.15) is 83.4 Å². The summed E-state index contributed by atoms with van der Waals surface area (Å²) in [6, 6.07) is 0. The summed E-state index contributed by atoms with van der Waals surface area (Å²) in [4.78, 5) is 20.3. The number of aryl methyl sites for hydroxylation is 2. The quantitative estimate of drug-likeness (QED) is 0.507. The summed E-state index contributed by atoms with van der Waals surface area (Å²) in [7, 11) is 0. The van der Waals surface area contributed by atoms with Crippen LogP contribution in [0.15, 0.2) is 4.47 Å². The van der Waals surface area contributed by atoms with Crippen LogP contribution >= 0.6 is 15.9 Å². The van der Waals surface area contributed by atoms with Gasteiger partial charge in [-0.3, -0.25) is 4.98 Å². The summed E-state index contributed by atoms with van der Waals surface area (Å²) in [5.41, 5.74) is 2.99. The number of piperidine rings is 1. The van der Waals surface area contributed by atoms with Gasteiger partial charge in [-0.1, -0.05) is 0 Å². The molecule has 0 aromatic carbocycles. The van der Waals surface area contributed by atoms with Crippen molar-refractivity contribution in [2.45, 2.75) is 97.6 Å². The van der Waals surface area contributed by atoms with E-state index in [-0.39, 0.29) is 17.7 Å². The van der Waals surface area contributed by atoms with E-state index in [1.165, 1.54) is 0 Å². The molecule has 1 spiro atoms. The monoisotopic (exact) mass is 496 g/mol. The number of ether oxygens (including phenoxy) is 3. The number of esters is 1. The van der Waals surface area contributed by atoms with Crippen LogP contribution in [0.4, 0.5) is 5.69 Å². The molecule has 2 fully saturated rings. The Labute approximate surface area is 195 Å². The van der Waals surface area contributed by atoms with E-state index in [9.17, 15) is 4.79 Å². The molecule has 6 nitrogen and oxygen atoms in total. The van der Waals surface area contributed by atoms with E-state index in [0.29, 0.717) is 0 Å². The van der Waals surface area contributed by atoms with E-state index in [2.05, 4.69) is 20.8 Å². The van der Waals surface area contributed by atoms with Crippen molar-refractivity contribution < 1.29 is 19.0 Å². The average molecular weight is 497 g/mol. The number of pyridine rings is 1. The van der Waals surface area contributed by atoms with Crippen molar-refractivity contribution in [2.75, 3.05) is 24.6 Å². The van der Waals surface area contributed by atoms with Crippen LogP contribution in [-0.2, 0) is 19.0 Å². The third-order valence-electron chi connectivity index (χ3n) is 5.98. The van der Waals surface area contributed by atoms with Crippen molar-refractivity contribution in [3.8, 4) is 0 Å². The van der Waals surface area contributed by atoms with Crippen LogP contribution in [-0.4, -0.2) is 48.0 Å². The van der Waals surface area contributed by atoms with Gasteiger partial charge >= 0.3 is 5.97 Å². The minimum Gasteiger partial charge on any atom is -0.461 e. The van der Waals surface area contributed by atoms with Crippen LogP contribution in [0.2, 0.25) is 0 Å². The van der Waals surface area contributed by atoms with Gasteiger partial charge in [0, 0.05) is 31.0 Å². The molecular formula is C24H37BrN2O4. The molecule has 7 heteroatoms. The zero-order valence-corrected chi connectivity index (χ0v) is 21.6. The molecule has 1 aromatic heterocycles. The summed E-state index contributed by atoms with van der Waals surface area (Å²) in [5, 5.41) is 0. The standard InChI is InChI=1S/C24H37BrN2O4/c1-15(2)30-22(28)21(31-23(5,6)7)18-16(3)26-17(4)19(25)20(18)27-12-10-24(11-13-27)9-8-14-29-24/h15,21H,8-14H2,1-7H3/t21-/m0/s1. The van der Waals surface area contributed by atoms with Crippen LogP contribution in [0.5, 0.6) is 0 Å². The third kappa shape index (κ3) is 5.60. The first-order valence-electron chi connectivity index (χ1n) is 11.4. The number of aromatic nitrogens is 1. The lowest BCUT2D eigenvalue weighted by molar-refractivity contribution is -0.171. The zero-order valence-electron chi connectivity index (χ0n) is 20.0. The van der Waals surface area contributed by atoms with E-state index >= 15 is 0 Å². The lowest BCUT2D eigenvalue weighted by Gasteiger charge is -2.41. The number of halogens is 1. The summed E-state index contributed by atoms with van der Waals surface area (Å²) in [5.74, 6) is -0.376. The Morgan fingerprint density at radius 1 is 1.16 bits per heavy atom. The average Bonchev–Trinajstić information content (AvgIpc) is 3.10. The van der Waals surface area contributed by atoms with E-state index in [0.717, 1.165) is 72.5 Å².